The molecule has 0 spiro atoms. The van der Waals surface area contributed by atoms with Crippen LogP contribution in [0.3, 0.4) is 0 Å². The minimum atomic E-state index is -0.136. The summed E-state index contributed by atoms with van der Waals surface area (Å²) in [5, 5.41) is 19.5. The van der Waals surface area contributed by atoms with Gasteiger partial charge in [-0.2, -0.15) is 0 Å². The van der Waals surface area contributed by atoms with E-state index in [4.69, 9.17) is 4.98 Å². The molecule has 2 aromatic rings. The summed E-state index contributed by atoms with van der Waals surface area (Å²) in [6.07, 6.45) is 2.99. The van der Waals surface area contributed by atoms with Crippen molar-refractivity contribution in [2.24, 2.45) is 0 Å². The molecule has 132 valence electrons. The Hall–Kier alpha value is -1.95. The third-order valence-electron chi connectivity index (χ3n) is 5.51. The largest absolute Gasteiger partial charge is 0.390 e. The average Bonchev–Trinajstić information content (AvgIpc) is 2.91. The van der Waals surface area contributed by atoms with Crippen molar-refractivity contribution in [3.63, 3.8) is 0 Å². The lowest BCUT2D eigenvalue weighted by atomic mass is 9.90. The smallest absolute Gasteiger partial charge is 0.141 e. The van der Waals surface area contributed by atoms with Crippen LogP contribution in [0.5, 0.6) is 0 Å². The minimum absolute atomic E-state index is 0.0927. The second-order valence-electron chi connectivity index (χ2n) is 6.99. The molecule has 0 aliphatic carbocycles. The first-order chi connectivity index (χ1) is 12.2. The molecule has 1 aromatic carbocycles. The number of aromatic nitrogens is 2. The van der Waals surface area contributed by atoms with Crippen molar-refractivity contribution in [2.45, 2.75) is 39.0 Å². The van der Waals surface area contributed by atoms with Gasteiger partial charge in [-0.05, 0) is 37.4 Å². The van der Waals surface area contributed by atoms with E-state index in [-0.39, 0.29) is 13.2 Å². The van der Waals surface area contributed by atoms with Gasteiger partial charge >= 0.3 is 0 Å². The SMILES string of the molecule is CN1CCC(=C2c3ccccc3CCn3c2nc(CO)c3CO)CC1. The van der Waals surface area contributed by atoms with Gasteiger partial charge in [-0.3, -0.25) is 0 Å². The standard InChI is InChI=1S/C20H25N3O2/c1-22-9-6-15(7-10-22)19-16-5-3-2-4-14(16)8-11-23-18(13-25)17(12-24)21-20(19)23/h2-5,24-25H,6-13H2,1H3. The maximum absolute atomic E-state index is 9.84. The summed E-state index contributed by atoms with van der Waals surface area (Å²) in [5.74, 6) is 0.914. The summed E-state index contributed by atoms with van der Waals surface area (Å²) in [4.78, 5) is 7.11. The Morgan fingerprint density at radius 3 is 2.48 bits per heavy atom. The van der Waals surface area contributed by atoms with Crippen LogP contribution in [0.2, 0.25) is 0 Å². The van der Waals surface area contributed by atoms with E-state index in [9.17, 15) is 10.2 Å². The van der Waals surface area contributed by atoms with Gasteiger partial charge in [0, 0.05) is 25.2 Å². The molecule has 0 saturated carbocycles. The molecule has 0 amide bonds. The number of imidazole rings is 1. The number of likely N-dealkylation sites (tertiary alicyclic amines) is 1. The van der Waals surface area contributed by atoms with Crippen molar-refractivity contribution in [3.05, 3.63) is 58.2 Å². The molecule has 0 radical (unpaired) electrons. The molecule has 3 heterocycles. The summed E-state index contributed by atoms with van der Waals surface area (Å²) < 4.78 is 2.12. The first-order valence-corrected chi connectivity index (χ1v) is 9.02. The van der Waals surface area contributed by atoms with Gasteiger partial charge in [0.25, 0.3) is 0 Å². The van der Waals surface area contributed by atoms with E-state index in [0.29, 0.717) is 5.69 Å². The van der Waals surface area contributed by atoms with Crippen molar-refractivity contribution in [1.29, 1.82) is 0 Å². The van der Waals surface area contributed by atoms with E-state index in [0.717, 1.165) is 50.4 Å². The Balaban J connectivity index is 1.95. The summed E-state index contributed by atoms with van der Waals surface area (Å²) in [5.41, 5.74) is 6.60. The zero-order chi connectivity index (χ0) is 17.4. The molecule has 5 nitrogen and oxygen atoms in total. The number of aryl methyl sites for hydroxylation is 1. The van der Waals surface area contributed by atoms with Crippen molar-refractivity contribution < 1.29 is 10.2 Å². The normalized spacial score (nSPS) is 18.0. The highest BCUT2D eigenvalue weighted by atomic mass is 16.3. The van der Waals surface area contributed by atoms with Gasteiger partial charge in [-0.25, -0.2) is 4.98 Å². The first kappa shape index (κ1) is 16.5. The number of aliphatic hydroxyl groups is 2. The molecule has 2 aliphatic heterocycles. The first-order valence-electron chi connectivity index (χ1n) is 9.02. The number of aliphatic hydroxyl groups excluding tert-OH is 2. The summed E-state index contributed by atoms with van der Waals surface area (Å²) >= 11 is 0. The predicted octanol–water partition coefficient (Wildman–Crippen LogP) is 1.95. The summed E-state index contributed by atoms with van der Waals surface area (Å²) in [7, 11) is 2.16. The third-order valence-corrected chi connectivity index (χ3v) is 5.51. The van der Waals surface area contributed by atoms with Crippen LogP contribution >= 0.6 is 0 Å². The number of piperidine rings is 1. The topological polar surface area (TPSA) is 61.5 Å². The molecule has 2 aliphatic rings. The number of rotatable bonds is 2. The quantitative estimate of drug-likeness (QED) is 0.878. The molecule has 2 N–H and O–H groups in total. The van der Waals surface area contributed by atoms with Crippen molar-refractivity contribution in [3.8, 4) is 0 Å². The van der Waals surface area contributed by atoms with Crippen LogP contribution in [0.25, 0.3) is 5.57 Å². The van der Waals surface area contributed by atoms with E-state index in [1.165, 1.54) is 22.3 Å². The van der Waals surface area contributed by atoms with Gasteiger partial charge in [0.05, 0.1) is 24.6 Å². The van der Waals surface area contributed by atoms with Crippen LogP contribution in [0.4, 0.5) is 0 Å². The number of fused-ring (bicyclic) bond motifs is 2. The van der Waals surface area contributed by atoms with Crippen LogP contribution in [0.1, 0.15) is 41.2 Å². The Morgan fingerprint density at radius 1 is 1.00 bits per heavy atom. The molecule has 4 rings (SSSR count). The fourth-order valence-corrected chi connectivity index (χ4v) is 4.09. The number of hydrogen-bond donors (Lipinski definition) is 2. The molecule has 1 fully saturated rings. The monoisotopic (exact) mass is 339 g/mol. The maximum Gasteiger partial charge on any atom is 0.141 e. The zero-order valence-corrected chi connectivity index (χ0v) is 14.7. The fraction of sp³-hybridized carbons (Fsp3) is 0.450. The van der Waals surface area contributed by atoms with Gasteiger partial charge in [0.2, 0.25) is 0 Å². The minimum Gasteiger partial charge on any atom is -0.390 e. The van der Waals surface area contributed by atoms with E-state index < -0.39 is 0 Å². The highest BCUT2D eigenvalue weighted by Crippen LogP contribution is 2.37. The van der Waals surface area contributed by atoms with Crippen molar-refractivity contribution in [1.82, 2.24) is 14.5 Å². The van der Waals surface area contributed by atoms with Crippen molar-refractivity contribution in [2.75, 3.05) is 20.1 Å². The Labute approximate surface area is 148 Å². The fourth-order valence-electron chi connectivity index (χ4n) is 4.09. The van der Waals surface area contributed by atoms with Gasteiger partial charge in [-0.1, -0.05) is 29.8 Å². The second kappa shape index (κ2) is 6.75. The average molecular weight is 339 g/mol. The van der Waals surface area contributed by atoms with Gasteiger partial charge in [0.15, 0.2) is 0 Å². The number of hydrogen-bond acceptors (Lipinski definition) is 4. The third kappa shape index (κ3) is 2.82. The van der Waals surface area contributed by atoms with Crippen LogP contribution in [0.15, 0.2) is 29.8 Å². The Kier molecular flexibility index (Phi) is 4.46. The maximum atomic E-state index is 9.84. The predicted molar refractivity (Wildman–Crippen MR) is 97.0 cm³/mol. The van der Waals surface area contributed by atoms with E-state index >= 15 is 0 Å². The summed E-state index contributed by atoms with van der Waals surface area (Å²) in [6, 6.07) is 8.57. The lowest BCUT2D eigenvalue weighted by Gasteiger charge is -2.26. The Morgan fingerprint density at radius 2 is 1.76 bits per heavy atom. The van der Waals surface area contributed by atoms with E-state index in [2.05, 4.69) is 40.8 Å². The van der Waals surface area contributed by atoms with E-state index in [1.807, 2.05) is 0 Å². The van der Waals surface area contributed by atoms with Crippen LogP contribution < -0.4 is 0 Å². The van der Waals surface area contributed by atoms with Gasteiger partial charge in [-0.15, -0.1) is 0 Å². The zero-order valence-electron chi connectivity index (χ0n) is 14.7. The molecular formula is C20H25N3O2. The van der Waals surface area contributed by atoms with Crippen LogP contribution in [0, 0.1) is 0 Å². The molecule has 25 heavy (non-hydrogen) atoms. The molecule has 1 aromatic heterocycles. The lowest BCUT2D eigenvalue weighted by molar-refractivity contribution is 0.250. The molecular weight excluding hydrogens is 314 g/mol. The van der Waals surface area contributed by atoms with Gasteiger partial charge in [0.1, 0.15) is 5.82 Å². The number of nitrogens with zero attached hydrogens (tertiary/aromatic N) is 3. The molecule has 1 saturated heterocycles. The Bertz CT molecular complexity index is 812. The lowest BCUT2D eigenvalue weighted by Crippen LogP contribution is -2.27. The van der Waals surface area contributed by atoms with Gasteiger partial charge < -0.3 is 19.7 Å². The molecule has 5 heteroatoms. The highest BCUT2D eigenvalue weighted by molar-refractivity contribution is 5.82. The van der Waals surface area contributed by atoms with E-state index in [1.54, 1.807) is 0 Å². The molecule has 0 bridgehead atoms. The summed E-state index contributed by atoms with van der Waals surface area (Å²) in [6.45, 7) is 2.67. The van der Waals surface area contributed by atoms with Crippen molar-refractivity contribution >= 4 is 5.57 Å². The number of benzene rings is 1. The highest BCUT2D eigenvalue weighted by Gasteiger charge is 2.27. The van der Waals surface area contributed by atoms with Crippen LogP contribution in [-0.2, 0) is 26.2 Å². The second-order valence-corrected chi connectivity index (χ2v) is 6.99. The molecule has 0 atom stereocenters. The molecule has 0 unspecified atom stereocenters. The van der Waals surface area contributed by atoms with Crippen LogP contribution in [-0.4, -0.2) is 44.8 Å².